The second-order valence-electron chi connectivity index (χ2n) is 4.90. The summed E-state index contributed by atoms with van der Waals surface area (Å²) in [4.78, 5) is 0. The number of unbranched alkanes of at least 4 members (excludes halogenated alkanes) is 2. The molecule has 0 fully saturated rings. The summed E-state index contributed by atoms with van der Waals surface area (Å²) < 4.78 is 11.1. The van der Waals surface area contributed by atoms with Crippen LogP contribution < -0.4 is 15.2 Å². The van der Waals surface area contributed by atoms with Crippen molar-refractivity contribution >= 4 is 0 Å². The van der Waals surface area contributed by atoms with E-state index in [9.17, 15) is 0 Å². The normalized spacial score (nSPS) is 12.2. The average Bonchev–Trinajstić information content (AvgIpc) is 2.44. The van der Waals surface area contributed by atoms with Gasteiger partial charge in [-0.1, -0.05) is 26.7 Å². The topological polar surface area (TPSA) is 44.5 Å². The lowest BCUT2D eigenvalue weighted by molar-refractivity contribution is 0.301. The van der Waals surface area contributed by atoms with E-state index in [4.69, 9.17) is 15.2 Å². The SMILES string of the molecule is CCCCCOc1ccc(OC)cc1CC(N)CC. The van der Waals surface area contributed by atoms with Gasteiger partial charge in [-0.3, -0.25) is 0 Å². The summed E-state index contributed by atoms with van der Waals surface area (Å²) >= 11 is 0. The molecule has 1 aromatic carbocycles. The third-order valence-corrected chi connectivity index (χ3v) is 3.28. The van der Waals surface area contributed by atoms with Gasteiger partial charge in [0.25, 0.3) is 0 Å². The number of nitrogens with two attached hydrogens (primary N) is 1. The Balaban J connectivity index is 2.71. The minimum Gasteiger partial charge on any atom is -0.497 e. The summed E-state index contributed by atoms with van der Waals surface area (Å²) in [6.07, 6.45) is 5.31. The van der Waals surface area contributed by atoms with Gasteiger partial charge in [-0.2, -0.15) is 0 Å². The van der Waals surface area contributed by atoms with E-state index in [1.165, 1.54) is 12.8 Å². The first-order valence-electron chi connectivity index (χ1n) is 7.26. The number of ether oxygens (including phenoxy) is 2. The lowest BCUT2D eigenvalue weighted by atomic mass is 10.0. The maximum absolute atomic E-state index is 6.05. The van der Waals surface area contributed by atoms with Gasteiger partial charge in [-0.25, -0.2) is 0 Å². The van der Waals surface area contributed by atoms with Crippen LogP contribution in [0.15, 0.2) is 18.2 Å². The smallest absolute Gasteiger partial charge is 0.122 e. The van der Waals surface area contributed by atoms with Crippen LogP contribution in [0.25, 0.3) is 0 Å². The van der Waals surface area contributed by atoms with Gasteiger partial charge in [0.15, 0.2) is 0 Å². The standard InChI is InChI=1S/C16H27NO2/c1-4-6-7-10-19-16-9-8-15(18-3)12-13(16)11-14(17)5-2/h8-9,12,14H,4-7,10-11,17H2,1-3H3. The Morgan fingerprint density at radius 3 is 2.63 bits per heavy atom. The third kappa shape index (κ3) is 5.52. The molecule has 0 saturated heterocycles. The Hall–Kier alpha value is -1.22. The maximum atomic E-state index is 6.05. The second-order valence-corrected chi connectivity index (χ2v) is 4.90. The van der Waals surface area contributed by atoms with Gasteiger partial charge >= 0.3 is 0 Å². The van der Waals surface area contributed by atoms with Crippen LogP contribution >= 0.6 is 0 Å². The summed E-state index contributed by atoms with van der Waals surface area (Å²) in [6, 6.07) is 6.13. The molecule has 1 rings (SSSR count). The molecule has 108 valence electrons. The lowest BCUT2D eigenvalue weighted by Crippen LogP contribution is -2.21. The predicted octanol–water partition coefficient (Wildman–Crippen LogP) is 3.54. The number of benzene rings is 1. The third-order valence-electron chi connectivity index (χ3n) is 3.28. The van der Waals surface area contributed by atoms with E-state index in [1.54, 1.807) is 7.11 Å². The van der Waals surface area contributed by atoms with Crippen LogP contribution in [0.4, 0.5) is 0 Å². The average molecular weight is 265 g/mol. The molecule has 19 heavy (non-hydrogen) atoms. The van der Waals surface area contributed by atoms with Crippen LogP contribution in [0.2, 0.25) is 0 Å². The van der Waals surface area contributed by atoms with E-state index in [2.05, 4.69) is 13.8 Å². The zero-order valence-electron chi connectivity index (χ0n) is 12.4. The van der Waals surface area contributed by atoms with Crippen LogP contribution in [-0.4, -0.2) is 19.8 Å². The molecule has 0 aliphatic heterocycles. The van der Waals surface area contributed by atoms with Crippen molar-refractivity contribution in [2.45, 2.75) is 52.0 Å². The predicted molar refractivity (Wildman–Crippen MR) is 80.0 cm³/mol. The quantitative estimate of drug-likeness (QED) is 0.694. The fourth-order valence-corrected chi connectivity index (χ4v) is 1.94. The zero-order valence-corrected chi connectivity index (χ0v) is 12.4. The van der Waals surface area contributed by atoms with Crippen LogP contribution in [-0.2, 0) is 6.42 Å². The fraction of sp³-hybridized carbons (Fsp3) is 0.625. The molecule has 0 aliphatic rings. The van der Waals surface area contributed by atoms with Gasteiger partial charge in [-0.05, 0) is 43.0 Å². The first-order valence-corrected chi connectivity index (χ1v) is 7.26. The van der Waals surface area contributed by atoms with Crippen molar-refractivity contribution in [2.75, 3.05) is 13.7 Å². The summed E-state index contributed by atoms with van der Waals surface area (Å²) in [5, 5.41) is 0. The molecule has 0 spiro atoms. The van der Waals surface area contributed by atoms with Crippen molar-refractivity contribution < 1.29 is 9.47 Å². The van der Waals surface area contributed by atoms with E-state index in [1.807, 2.05) is 18.2 Å². The van der Waals surface area contributed by atoms with Crippen molar-refractivity contribution in [3.05, 3.63) is 23.8 Å². The molecule has 0 saturated carbocycles. The Morgan fingerprint density at radius 2 is 2.00 bits per heavy atom. The molecule has 1 atom stereocenters. The molecular formula is C16H27NO2. The summed E-state index contributed by atoms with van der Waals surface area (Å²) in [6.45, 7) is 5.07. The molecule has 0 aliphatic carbocycles. The second kappa shape index (κ2) is 8.81. The maximum Gasteiger partial charge on any atom is 0.122 e. The molecule has 3 nitrogen and oxygen atoms in total. The van der Waals surface area contributed by atoms with Gasteiger partial charge in [0.1, 0.15) is 11.5 Å². The number of rotatable bonds is 9. The molecule has 0 bridgehead atoms. The van der Waals surface area contributed by atoms with Crippen LogP contribution in [0, 0.1) is 0 Å². The minimum absolute atomic E-state index is 0.171. The van der Waals surface area contributed by atoms with Gasteiger partial charge in [0.05, 0.1) is 13.7 Å². The molecule has 0 heterocycles. The van der Waals surface area contributed by atoms with Crippen LogP contribution in [0.5, 0.6) is 11.5 Å². The Kier molecular flexibility index (Phi) is 7.34. The molecule has 2 N–H and O–H groups in total. The summed E-state index contributed by atoms with van der Waals surface area (Å²) in [5.41, 5.74) is 7.19. The van der Waals surface area contributed by atoms with Crippen molar-refractivity contribution in [3.63, 3.8) is 0 Å². The highest BCUT2D eigenvalue weighted by Crippen LogP contribution is 2.26. The first-order chi connectivity index (χ1) is 9.21. The van der Waals surface area contributed by atoms with E-state index in [0.29, 0.717) is 0 Å². The number of methoxy groups -OCH3 is 1. The van der Waals surface area contributed by atoms with Gasteiger partial charge in [0, 0.05) is 6.04 Å². The Bertz CT molecular complexity index is 366. The van der Waals surface area contributed by atoms with Crippen molar-refractivity contribution in [1.29, 1.82) is 0 Å². The van der Waals surface area contributed by atoms with Gasteiger partial charge < -0.3 is 15.2 Å². The highest BCUT2D eigenvalue weighted by Gasteiger charge is 2.09. The Morgan fingerprint density at radius 1 is 1.21 bits per heavy atom. The molecular weight excluding hydrogens is 238 g/mol. The van der Waals surface area contributed by atoms with Crippen LogP contribution in [0.3, 0.4) is 0 Å². The first kappa shape index (κ1) is 15.8. The monoisotopic (exact) mass is 265 g/mol. The number of hydrogen-bond donors (Lipinski definition) is 1. The molecule has 3 heteroatoms. The molecule has 0 radical (unpaired) electrons. The fourth-order valence-electron chi connectivity index (χ4n) is 1.94. The van der Waals surface area contributed by atoms with E-state index in [-0.39, 0.29) is 6.04 Å². The van der Waals surface area contributed by atoms with E-state index >= 15 is 0 Å². The van der Waals surface area contributed by atoms with Gasteiger partial charge in [0.2, 0.25) is 0 Å². The molecule has 0 aromatic heterocycles. The number of hydrogen-bond acceptors (Lipinski definition) is 3. The minimum atomic E-state index is 0.171. The van der Waals surface area contributed by atoms with Crippen LogP contribution in [0.1, 0.15) is 45.1 Å². The Labute approximate surface area is 117 Å². The molecule has 1 unspecified atom stereocenters. The van der Waals surface area contributed by atoms with Crippen molar-refractivity contribution in [1.82, 2.24) is 0 Å². The zero-order chi connectivity index (χ0) is 14.1. The summed E-state index contributed by atoms with van der Waals surface area (Å²) in [7, 11) is 1.68. The molecule has 0 amide bonds. The summed E-state index contributed by atoms with van der Waals surface area (Å²) in [5.74, 6) is 1.81. The van der Waals surface area contributed by atoms with Crippen molar-refractivity contribution in [3.8, 4) is 11.5 Å². The highest BCUT2D eigenvalue weighted by molar-refractivity contribution is 5.40. The van der Waals surface area contributed by atoms with Gasteiger partial charge in [-0.15, -0.1) is 0 Å². The van der Waals surface area contributed by atoms with E-state index < -0.39 is 0 Å². The van der Waals surface area contributed by atoms with Crippen molar-refractivity contribution in [2.24, 2.45) is 5.73 Å². The van der Waals surface area contributed by atoms with E-state index in [0.717, 1.165) is 42.9 Å². The highest BCUT2D eigenvalue weighted by atomic mass is 16.5. The molecule has 1 aromatic rings. The lowest BCUT2D eigenvalue weighted by Gasteiger charge is -2.15. The largest absolute Gasteiger partial charge is 0.497 e.